The highest BCUT2D eigenvalue weighted by Crippen LogP contribution is 2.38. The highest BCUT2D eigenvalue weighted by atomic mass is 32.2. The summed E-state index contributed by atoms with van der Waals surface area (Å²) < 4.78 is 1.98. The lowest BCUT2D eigenvalue weighted by Crippen LogP contribution is -2.41. The van der Waals surface area contributed by atoms with Crippen molar-refractivity contribution >= 4 is 23.4 Å². The van der Waals surface area contributed by atoms with Crippen LogP contribution in [0.25, 0.3) is 5.52 Å². The number of rotatable bonds is 4. The average molecular weight is 305 g/mol. The highest BCUT2D eigenvalue weighted by Gasteiger charge is 2.28. The van der Waals surface area contributed by atoms with Gasteiger partial charge in [-0.2, -0.15) is 0 Å². The van der Waals surface area contributed by atoms with Crippen molar-refractivity contribution in [2.75, 3.05) is 0 Å². The first-order valence-electron chi connectivity index (χ1n) is 7.12. The van der Waals surface area contributed by atoms with Crippen LogP contribution in [-0.4, -0.2) is 25.8 Å². The number of thioether (sulfide) groups is 1. The number of imidazole rings is 1. The maximum absolute atomic E-state index is 11.0. The molecule has 21 heavy (non-hydrogen) atoms. The van der Waals surface area contributed by atoms with Gasteiger partial charge in [0.2, 0.25) is 0 Å². The Labute approximate surface area is 127 Å². The number of fused-ring (bicyclic) bond motifs is 1. The minimum Gasteiger partial charge on any atom is -0.465 e. The molecule has 112 valence electrons. The van der Waals surface area contributed by atoms with Crippen LogP contribution < -0.4 is 5.32 Å². The van der Waals surface area contributed by atoms with Crippen molar-refractivity contribution in [3.8, 4) is 0 Å². The first-order valence-corrected chi connectivity index (χ1v) is 7.99. The molecule has 1 fully saturated rings. The molecule has 2 aromatic rings. The van der Waals surface area contributed by atoms with E-state index in [-0.39, 0.29) is 0 Å². The SMILES string of the molecule is CC(C)(NC(=O)O)c1ncc2c(SC3CCC3)cccn12. The summed E-state index contributed by atoms with van der Waals surface area (Å²) in [6.45, 7) is 3.64. The van der Waals surface area contributed by atoms with Crippen molar-refractivity contribution < 1.29 is 9.90 Å². The Morgan fingerprint density at radius 2 is 2.29 bits per heavy atom. The molecule has 0 aliphatic heterocycles. The van der Waals surface area contributed by atoms with Crippen LogP contribution in [0.4, 0.5) is 4.79 Å². The molecular weight excluding hydrogens is 286 g/mol. The van der Waals surface area contributed by atoms with E-state index in [1.54, 1.807) is 0 Å². The van der Waals surface area contributed by atoms with Gasteiger partial charge < -0.3 is 14.8 Å². The highest BCUT2D eigenvalue weighted by molar-refractivity contribution is 8.00. The van der Waals surface area contributed by atoms with Crippen molar-refractivity contribution in [2.24, 2.45) is 0 Å². The zero-order valence-corrected chi connectivity index (χ0v) is 13.0. The molecule has 1 aliphatic rings. The van der Waals surface area contributed by atoms with E-state index in [0.29, 0.717) is 11.1 Å². The Morgan fingerprint density at radius 1 is 1.52 bits per heavy atom. The molecule has 0 saturated heterocycles. The standard InChI is InChI=1S/C15H19N3O2S/c1-15(2,17-14(19)20)13-16-9-11-12(7-4-8-18(11)13)21-10-5-3-6-10/h4,7-10,17H,3,5-6H2,1-2H3,(H,19,20). The van der Waals surface area contributed by atoms with Gasteiger partial charge in [0.1, 0.15) is 5.82 Å². The van der Waals surface area contributed by atoms with Gasteiger partial charge in [-0.3, -0.25) is 0 Å². The fourth-order valence-corrected chi connectivity index (χ4v) is 3.91. The maximum Gasteiger partial charge on any atom is 0.405 e. The second kappa shape index (κ2) is 5.26. The third-order valence-electron chi connectivity index (χ3n) is 3.86. The van der Waals surface area contributed by atoms with E-state index in [1.165, 1.54) is 24.2 Å². The van der Waals surface area contributed by atoms with Gasteiger partial charge in [-0.05, 0) is 38.8 Å². The lowest BCUT2D eigenvalue weighted by molar-refractivity contribution is 0.181. The van der Waals surface area contributed by atoms with Crippen LogP contribution in [0.15, 0.2) is 29.4 Å². The van der Waals surface area contributed by atoms with Crippen molar-refractivity contribution in [2.45, 2.75) is 48.8 Å². The number of aromatic nitrogens is 2. The molecule has 0 unspecified atom stereocenters. The first-order chi connectivity index (χ1) is 9.97. The zero-order chi connectivity index (χ0) is 15.0. The molecule has 1 saturated carbocycles. The third-order valence-corrected chi connectivity index (χ3v) is 5.26. The van der Waals surface area contributed by atoms with E-state index in [9.17, 15) is 4.79 Å². The number of nitrogens with one attached hydrogen (secondary N) is 1. The van der Waals surface area contributed by atoms with Crippen LogP contribution in [0.1, 0.15) is 38.9 Å². The molecule has 0 spiro atoms. The molecule has 1 aliphatic carbocycles. The largest absolute Gasteiger partial charge is 0.465 e. The Morgan fingerprint density at radius 3 is 2.90 bits per heavy atom. The average Bonchev–Trinajstić information content (AvgIpc) is 2.77. The molecule has 2 aromatic heterocycles. The number of nitrogens with zero attached hydrogens (tertiary/aromatic N) is 2. The van der Waals surface area contributed by atoms with Gasteiger partial charge >= 0.3 is 6.09 Å². The molecule has 0 aromatic carbocycles. The Bertz CT molecular complexity index is 677. The number of hydrogen-bond donors (Lipinski definition) is 2. The zero-order valence-electron chi connectivity index (χ0n) is 12.2. The molecule has 2 heterocycles. The van der Waals surface area contributed by atoms with Gasteiger partial charge in [-0.1, -0.05) is 6.42 Å². The van der Waals surface area contributed by atoms with Crippen molar-refractivity contribution in [1.29, 1.82) is 0 Å². The van der Waals surface area contributed by atoms with E-state index >= 15 is 0 Å². The van der Waals surface area contributed by atoms with E-state index in [2.05, 4.69) is 16.4 Å². The van der Waals surface area contributed by atoms with Crippen molar-refractivity contribution in [1.82, 2.24) is 14.7 Å². The molecule has 0 bridgehead atoms. The predicted octanol–water partition coefficient (Wildman–Crippen LogP) is 3.48. The minimum absolute atomic E-state index is 0.705. The second-order valence-electron chi connectivity index (χ2n) is 5.94. The van der Waals surface area contributed by atoms with E-state index in [4.69, 9.17) is 5.11 Å². The molecular formula is C15H19N3O2S. The lowest BCUT2D eigenvalue weighted by Gasteiger charge is -2.25. The van der Waals surface area contributed by atoms with Gasteiger partial charge in [-0.15, -0.1) is 11.8 Å². The topological polar surface area (TPSA) is 66.6 Å². The number of carboxylic acid groups (broad SMARTS) is 1. The monoisotopic (exact) mass is 305 g/mol. The number of hydrogen-bond acceptors (Lipinski definition) is 3. The van der Waals surface area contributed by atoms with Crippen LogP contribution in [0.5, 0.6) is 0 Å². The van der Waals surface area contributed by atoms with Crippen LogP contribution >= 0.6 is 11.8 Å². The molecule has 2 N–H and O–H groups in total. The van der Waals surface area contributed by atoms with E-state index in [0.717, 1.165) is 5.52 Å². The maximum atomic E-state index is 11.0. The molecule has 3 rings (SSSR count). The summed E-state index contributed by atoms with van der Waals surface area (Å²) in [5.74, 6) is 0.705. The normalized spacial score (nSPS) is 15.9. The fourth-order valence-electron chi connectivity index (χ4n) is 2.55. The molecule has 1 amide bonds. The molecule has 0 radical (unpaired) electrons. The quantitative estimate of drug-likeness (QED) is 0.907. The van der Waals surface area contributed by atoms with Crippen molar-refractivity contribution in [3.05, 3.63) is 30.4 Å². The van der Waals surface area contributed by atoms with Crippen LogP contribution in [0.3, 0.4) is 0 Å². The molecule has 6 heteroatoms. The van der Waals surface area contributed by atoms with E-state index < -0.39 is 11.6 Å². The molecule has 0 atom stereocenters. The summed E-state index contributed by atoms with van der Waals surface area (Å²) >= 11 is 1.90. The number of carbonyl (C=O) groups is 1. The first kappa shape index (κ1) is 14.3. The van der Waals surface area contributed by atoms with Crippen LogP contribution in [-0.2, 0) is 5.54 Å². The fraction of sp³-hybridized carbons (Fsp3) is 0.467. The minimum atomic E-state index is -1.04. The van der Waals surface area contributed by atoms with Crippen molar-refractivity contribution in [3.63, 3.8) is 0 Å². The smallest absolute Gasteiger partial charge is 0.405 e. The summed E-state index contributed by atoms with van der Waals surface area (Å²) in [6.07, 6.45) is 6.60. The summed E-state index contributed by atoms with van der Waals surface area (Å²) in [5.41, 5.74) is 0.308. The number of pyridine rings is 1. The van der Waals surface area contributed by atoms with Gasteiger partial charge in [0.25, 0.3) is 0 Å². The van der Waals surface area contributed by atoms with Crippen LogP contribution in [0.2, 0.25) is 0 Å². The summed E-state index contributed by atoms with van der Waals surface area (Å²) in [4.78, 5) is 16.6. The summed E-state index contributed by atoms with van der Waals surface area (Å²) in [5, 5.41) is 12.2. The third kappa shape index (κ3) is 2.72. The Kier molecular flexibility index (Phi) is 3.57. The van der Waals surface area contributed by atoms with Gasteiger partial charge in [0, 0.05) is 16.3 Å². The Balaban J connectivity index is 1.98. The van der Waals surface area contributed by atoms with E-state index in [1.807, 2.05) is 48.5 Å². The summed E-state index contributed by atoms with van der Waals surface area (Å²) in [6, 6.07) is 4.11. The number of amides is 1. The second-order valence-corrected chi connectivity index (χ2v) is 7.28. The Hall–Kier alpha value is -1.69. The lowest BCUT2D eigenvalue weighted by atomic mass is 10.0. The van der Waals surface area contributed by atoms with Gasteiger partial charge in [-0.25, -0.2) is 9.78 Å². The summed E-state index contributed by atoms with van der Waals surface area (Å²) in [7, 11) is 0. The van der Waals surface area contributed by atoms with Crippen LogP contribution in [0, 0.1) is 0 Å². The predicted molar refractivity (Wildman–Crippen MR) is 82.9 cm³/mol. The molecule has 5 nitrogen and oxygen atoms in total. The van der Waals surface area contributed by atoms with Gasteiger partial charge in [0.05, 0.1) is 17.3 Å². The van der Waals surface area contributed by atoms with Gasteiger partial charge in [0.15, 0.2) is 0 Å².